The van der Waals surface area contributed by atoms with Gasteiger partial charge in [-0.05, 0) is 42.5 Å². The third kappa shape index (κ3) is 4.62. The molecule has 2 fully saturated rings. The molecule has 2 aliphatic rings. The predicted molar refractivity (Wildman–Crippen MR) is 113 cm³/mol. The minimum Gasteiger partial charge on any atom is -0.493 e. The average molecular weight is 395 g/mol. The van der Waals surface area contributed by atoms with Crippen LogP contribution in [-0.2, 0) is 17.8 Å². The number of carbonyl (C=O) groups is 1. The summed E-state index contributed by atoms with van der Waals surface area (Å²) < 4.78 is 5.87. The van der Waals surface area contributed by atoms with Crippen LogP contribution in [0.1, 0.15) is 30.4 Å². The molecule has 0 unspecified atom stereocenters. The van der Waals surface area contributed by atoms with Gasteiger partial charge in [-0.3, -0.25) is 9.69 Å². The number of ether oxygens (including phenoxy) is 1. The maximum atomic E-state index is 12.5. The van der Waals surface area contributed by atoms with Crippen molar-refractivity contribution in [3.63, 3.8) is 0 Å². The van der Waals surface area contributed by atoms with Gasteiger partial charge in [0.25, 0.3) is 0 Å². The highest BCUT2D eigenvalue weighted by atomic mass is 16.5. The lowest BCUT2D eigenvalue weighted by molar-refractivity contribution is -0.149. The van der Waals surface area contributed by atoms with Crippen LogP contribution in [0.4, 0.5) is 0 Å². The number of carbonyl (C=O) groups excluding carboxylic acids is 1. The Balaban J connectivity index is 1.31. The summed E-state index contributed by atoms with van der Waals surface area (Å²) in [7, 11) is 0. The summed E-state index contributed by atoms with van der Waals surface area (Å²) in [5, 5.41) is 13.5. The Morgan fingerprint density at radius 3 is 2.66 bits per heavy atom. The average Bonchev–Trinajstić information content (AvgIpc) is 2.75. The van der Waals surface area contributed by atoms with E-state index in [0.717, 1.165) is 44.6 Å². The Morgan fingerprint density at radius 1 is 1.10 bits per heavy atom. The van der Waals surface area contributed by atoms with E-state index in [-0.39, 0.29) is 5.91 Å². The monoisotopic (exact) mass is 394 g/mol. The molecule has 4 rings (SSSR count). The van der Waals surface area contributed by atoms with Crippen molar-refractivity contribution < 1.29 is 14.6 Å². The third-order valence-corrected chi connectivity index (χ3v) is 6.23. The number of aliphatic hydroxyl groups is 1. The normalized spacial score (nSPS) is 25.0. The zero-order valence-electron chi connectivity index (χ0n) is 16.8. The first-order valence-electron chi connectivity index (χ1n) is 10.6. The van der Waals surface area contributed by atoms with Gasteiger partial charge in [0.15, 0.2) is 0 Å². The van der Waals surface area contributed by atoms with Crippen LogP contribution in [0.5, 0.6) is 5.75 Å². The van der Waals surface area contributed by atoms with Crippen LogP contribution in [0.3, 0.4) is 0 Å². The number of likely N-dealkylation sites (tertiary alicyclic amines) is 1. The van der Waals surface area contributed by atoms with Gasteiger partial charge in [0.2, 0.25) is 5.91 Å². The smallest absolute Gasteiger partial charge is 0.230 e. The SMILES string of the molecule is O=C1NCCC[C@]12CN(Cc1ccc(OCCc3ccccc3)cc1)CC[C@H]2O. The summed E-state index contributed by atoms with van der Waals surface area (Å²) in [6.07, 6.45) is 2.70. The van der Waals surface area contributed by atoms with Crippen molar-refractivity contribution in [1.82, 2.24) is 10.2 Å². The van der Waals surface area contributed by atoms with Crippen molar-refractivity contribution in [2.45, 2.75) is 38.3 Å². The quantitative estimate of drug-likeness (QED) is 0.791. The standard InChI is InChI=1S/C24H30N2O3/c27-22-11-15-26(18-24(22)13-4-14-25-23(24)28)17-20-7-9-21(10-8-20)29-16-12-19-5-2-1-3-6-19/h1-3,5-10,22,27H,4,11-18H2,(H,25,28)/t22-,24-/m1/s1. The zero-order chi connectivity index (χ0) is 20.1. The second-order valence-corrected chi connectivity index (χ2v) is 8.26. The van der Waals surface area contributed by atoms with Crippen LogP contribution in [-0.4, -0.2) is 48.3 Å². The van der Waals surface area contributed by atoms with E-state index in [9.17, 15) is 9.90 Å². The fourth-order valence-corrected chi connectivity index (χ4v) is 4.54. The molecule has 2 atom stereocenters. The molecule has 154 valence electrons. The van der Waals surface area contributed by atoms with Crippen molar-refractivity contribution in [2.24, 2.45) is 5.41 Å². The molecular formula is C24H30N2O3. The minimum atomic E-state index is -0.642. The summed E-state index contributed by atoms with van der Waals surface area (Å²) in [5.74, 6) is 0.894. The van der Waals surface area contributed by atoms with Crippen LogP contribution < -0.4 is 10.1 Å². The lowest BCUT2D eigenvalue weighted by Gasteiger charge is -2.47. The molecule has 0 aromatic heterocycles. The largest absolute Gasteiger partial charge is 0.493 e. The van der Waals surface area contributed by atoms with Crippen molar-refractivity contribution in [1.29, 1.82) is 0 Å². The van der Waals surface area contributed by atoms with Gasteiger partial charge in [0, 0.05) is 32.6 Å². The van der Waals surface area contributed by atoms with Crippen LogP contribution in [0.15, 0.2) is 54.6 Å². The molecule has 2 heterocycles. The Hall–Kier alpha value is -2.37. The Kier molecular flexibility index (Phi) is 6.16. The zero-order valence-corrected chi connectivity index (χ0v) is 16.8. The number of hydrogen-bond donors (Lipinski definition) is 2. The van der Waals surface area contributed by atoms with Gasteiger partial charge in [-0.15, -0.1) is 0 Å². The van der Waals surface area contributed by atoms with Crippen LogP contribution in [0, 0.1) is 5.41 Å². The van der Waals surface area contributed by atoms with Crippen molar-refractivity contribution in [3.05, 3.63) is 65.7 Å². The Morgan fingerprint density at radius 2 is 1.90 bits per heavy atom. The fourth-order valence-electron chi connectivity index (χ4n) is 4.54. The van der Waals surface area contributed by atoms with Gasteiger partial charge >= 0.3 is 0 Å². The molecular weight excluding hydrogens is 364 g/mol. The summed E-state index contributed by atoms with van der Waals surface area (Å²) in [6, 6.07) is 18.6. The van der Waals surface area contributed by atoms with Gasteiger partial charge in [-0.2, -0.15) is 0 Å². The molecule has 2 aromatic carbocycles. The number of piperidine rings is 2. The summed E-state index contributed by atoms with van der Waals surface area (Å²) in [4.78, 5) is 14.8. The van der Waals surface area contributed by atoms with Gasteiger partial charge in [-0.25, -0.2) is 0 Å². The van der Waals surface area contributed by atoms with Crippen molar-refractivity contribution >= 4 is 5.91 Å². The highest BCUT2D eigenvalue weighted by Crippen LogP contribution is 2.37. The van der Waals surface area contributed by atoms with E-state index in [4.69, 9.17) is 4.74 Å². The van der Waals surface area contributed by atoms with Crippen LogP contribution >= 0.6 is 0 Å². The first-order valence-corrected chi connectivity index (χ1v) is 10.6. The first-order chi connectivity index (χ1) is 14.2. The summed E-state index contributed by atoms with van der Waals surface area (Å²) in [5.41, 5.74) is 1.83. The van der Waals surface area contributed by atoms with E-state index in [1.807, 2.05) is 30.3 Å². The molecule has 0 bridgehead atoms. The summed E-state index contributed by atoms with van der Waals surface area (Å²) in [6.45, 7) is 3.59. The summed E-state index contributed by atoms with van der Waals surface area (Å²) >= 11 is 0. The van der Waals surface area contributed by atoms with Crippen LogP contribution in [0.25, 0.3) is 0 Å². The predicted octanol–water partition coefficient (Wildman–Crippen LogP) is 2.77. The molecule has 0 aliphatic carbocycles. The number of hydrogen-bond acceptors (Lipinski definition) is 4. The maximum Gasteiger partial charge on any atom is 0.230 e. The molecule has 1 spiro atoms. The lowest BCUT2D eigenvalue weighted by Crippen LogP contribution is -2.61. The van der Waals surface area contributed by atoms with Crippen molar-refractivity contribution in [3.8, 4) is 5.75 Å². The highest BCUT2D eigenvalue weighted by Gasteiger charge is 2.49. The number of rotatable bonds is 6. The van der Waals surface area contributed by atoms with E-state index in [1.54, 1.807) is 0 Å². The van der Waals surface area contributed by atoms with E-state index in [0.29, 0.717) is 19.6 Å². The lowest BCUT2D eigenvalue weighted by atomic mass is 9.71. The van der Waals surface area contributed by atoms with Crippen molar-refractivity contribution in [2.75, 3.05) is 26.2 Å². The van der Waals surface area contributed by atoms with E-state index >= 15 is 0 Å². The molecule has 0 radical (unpaired) electrons. The minimum absolute atomic E-state index is 0.0168. The third-order valence-electron chi connectivity index (χ3n) is 6.23. The van der Waals surface area contributed by atoms with Crippen LogP contribution in [0.2, 0.25) is 0 Å². The molecule has 2 N–H and O–H groups in total. The Bertz CT molecular complexity index is 809. The molecule has 2 aromatic rings. The molecule has 2 aliphatic heterocycles. The van der Waals surface area contributed by atoms with Gasteiger partial charge in [0.05, 0.1) is 18.1 Å². The van der Waals surface area contributed by atoms with Gasteiger partial charge < -0.3 is 15.2 Å². The van der Waals surface area contributed by atoms with E-state index in [1.165, 1.54) is 11.1 Å². The number of nitrogens with one attached hydrogen (secondary N) is 1. The molecule has 1 amide bonds. The molecule has 29 heavy (non-hydrogen) atoms. The number of benzene rings is 2. The topological polar surface area (TPSA) is 61.8 Å². The molecule has 5 nitrogen and oxygen atoms in total. The first kappa shape index (κ1) is 19.9. The van der Waals surface area contributed by atoms with Gasteiger partial charge in [-0.1, -0.05) is 42.5 Å². The molecule has 5 heteroatoms. The second-order valence-electron chi connectivity index (χ2n) is 8.26. The van der Waals surface area contributed by atoms with E-state index < -0.39 is 11.5 Å². The fraction of sp³-hybridized carbons (Fsp3) is 0.458. The Labute approximate surface area is 172 Å². The second kappa shape index (κ2) is 8.97. The maximum absolute atomic E-state index is 12.5. The highest BCUT2D eigenvalue weighted by molar-refractivity contribution is 5.84. The van der Waals surface area contributed by atoms with E-state index in [2.05, 4.69) is 34.5 Å². The molecule has 0 saturated carbocycles. The number of nitrogens with zero attached hydrogens (tertiary/aromatic N) is 1. The molecule has 2 saturated heterocycles. The number of amides is 1. The van der Waals surface area contributed by atoms with Gasteiger partial charge in [0.1, 0.15) is 5.75 Å². The number of aliphatic hydroxyl groups excluding tert-OH is 1.